The first kappa shape index (κ1) is 9.66. The Morgan fingerprint density at radius 3 is 3.07 bits per heavy atom. The van der Waals surface area contributed by atoms with E-state index in [1.807, 2.05) is 18.2 Å². The maximum Gasteiger partial charge on any atom is 0.142 e. The van der Waals surface area contributed by atoms with Gasteiger partial charge in [0.1, 0.15) is 12.4 Å². The lowest BCUT2D eigenvalue weighted by Crippen LogP contribution is -2.33. The zero-order valence-corrected chi connectivity index (χ0v) is 8.83. The molecular weight excluding hydrogens is 198 g/mol. The molecule has 1 aromatic carbocycles. The van der Waals surface area contributed by atoms with Gasteiger partial charge >= 0.3 is 0 Å². The van der Waals surface area contributed by atoms with Crippen LogP contribution >= 0.6 is 11.6 Å². The number of nitrogens with zero attached hydrogens (tertiary/aromatic N) is 1. The number of halogens is 1. The van der Waals surface area contributed by atoms with Crippen molar-refractivity contribution in [1.29, 1.82) is 0 Å². The van der Waals surface area contributed by atoms with Crippen LogP contribution in [0.4, 0.5) is 5.69 Å². The molecule has 3 heteroatoms. The number of benzene rings is 1. The summed E-state index contributed by atoms with van der Waals surface area (Å²) >= 11 is 5.69. The molecule has 0 aromatic heterocycles. The largest absolute Gasteiger partial charge is 0.490 e. The number of hydrogen-bond acceptors (Lipinski definition) is 2. The van der Waals surface area contributed by atoms with Gasteiger partial charge in [-0.05, 0) is 18.6 Å². The van der Waals surface area contributed by atoms with Gasteiger partial charge in [-0.2, -0.15) is 0 Å². The predicted molar refractivity (Wildman–Crippen MR) is 59.5 cm³/mol. The molecule has 0 atom stereocenters. The summed E-state index contributed by atoms with van der Waals surface area (Å²) in [5.74, 6) is 1.72. The minimum absolute atomic E-state index is 0.722. The van der Waals surface area contributed by atoms with Crippen LogP contribution in [0.5, 0.6) is 5.75 Å². The van der Waals surface area contributed by atoms with Crippen LogP contribution in [0.3, 0.4) is 0 Å². The molecule has 2 nitrogen and oxygen atoms in total. The first-order valence-corrected chi connectivity index (χ1v) is 5.48. The summed E-state index contributed by atoms with van der Waals surface area (Å²) in [7, 11) is 0. The lowest BCUT2D eigenvalue weighted by atomic mass is 10.2. The Bertz CT molecular complexity index is 303. The number of anilines is 1. The van der Waals surface area contributed by atoms with Crippen LogP contribution in [0.15, 0.2) is 24.3 Å². The summed E-state index contributed by atoms with van der Waals surface area (Å²) in [5.41, 5.74) is 1.20. The zero-order chi connectivity index (χ0) is 9.80. The van der Waals surface area contributed by atoms with Gasteiger partial charge in [0.25, 0.3) is 0 Å². The van der Waals surface area contributed by atoms with E-state index in [2.05, 4.69) is 11.0 Å². The molecule has 0 aliphatic carbocycles. The highest BCUT2D eigenvalue weighted by molar-refractivity contribution is 6.17. The summed E-state index contributed by atoms with van der Waals surface area (Å²) in [6.45, 7) is 2.76. The maximum atomic E-state index is 5.69. The molecule has 0 amide bonds. The number of fused-ring (bicyclic) bond motifs is 1. The van der Waals surface area contributed by atoms with E-state index in [-0.39, 0.29) is 0 Å². The van der Waals surface area contributed by atoms with Gasteiger partial charge in [-0.25, -0.2) is 0 Å². The van der Waals surface area contributed by atoms with Gasteiger partial charge in [0.05, 0.1) is 12.2 Å². The fraction of sp³-hybridized carbons (Fsp3) is 0.455. The van der Waals surface area contributed by atoms with Crippen LogP contribution in [-0.2, 0) is 0 Å². The second-order valence-electron chi connectivity index (χ2n) is 3.35. The van der Waals surface area contributed by atoms with Crippen molar-refractivity contribution in [2.75, 3.05) is 30.5 Å². The third-order valence-electron chi connectivity index (χ3n) is 2.39. The molecule has 1 aliphatic rings. The SMILES string of the molecule is ClCCCN1CCOc2ccccc21. The standard InChI is InChI=1S/C11H14ClNO/c12-6-3-7-13-8-9-14-11-5-2-1-4-10(11)13/h1-2,4-5H,3,6-9H2. The van der Waals surface area contributed by atoms with Crippen LogP contribution in [0.1, 0.15) is 6.42 Å². The Hall–Kier alpha value is -0.890. The third-order valence-corrected chi connectivity index (χ3v) is 2.65. The number of hydrogen-bond donors (Lipinski definition) is 0. The van der Waals surface area contributed by atoms with Crippen LogP contribution in [0, 0.1) is 0 Å². The highest BCUT2D eigenvalue weighted by Gasteiger charge is 2.15. The molecule has 0 N–H and O–H groups in total. The van der Waals surface area contributed by atoms with Crippen molar-refractivity contribution in [2.45, 2.75) is 6.42 Å². The molecule has 0 spiro atoms. The Morgan fingerprint density at radius 1 is 1.36 bits per heavy atom. The van der Waals surface area contributed by atoms with E-state index in [0.717, 1.165) is 37.7 Å². The van der Waals surface area contributed by atoms with E-state index in [9.17, 15) is 0 Å². The fourth-order valence-corrected chi connectivity index (χ4v) is 1.83. The van der Waals surface area contributed by atoms with Gasteiger partial charge in [0.2, 0.25) is 0 Å². The number of rotatable bonds is 3. The molecule has 0 radical (unpaired) electrons. The Kier molecular flexibility index (Phi) is 3.14. The van der Waals surface area contributed by atoms with Crippen LogP contribution < -0.4 is 9.64 Å². The van der Waals surface area contributed by atoms with Crippen molar-refractivity contribution in [3.05, 3.63) is 24.3 Å². The van der Waals surface area contributed by atoms with E-state index in [1.54, 1.807) is 0 Å². The second kappa shape index (κ2) is 4.56. The van der Waals surface area contributed by atoms with Gasteiger partial charge in [-0.1, -0.05) is 12.1 Å². The molecule has 1 aromatic rings. The van der Waals surface area contributed by atoms with Crippen LogP contribution in [0.25, 0.3) is 0 Å². The summed E-state index contributed by atoms with van der Waals surface area (Å²) in [4.78, 5) is 2.33. The smallest absolute Gasteiger partial charge is 0.142 e. The molecule has 1 aliphatic heterocycles. The highest BCUT2D eigenvalue weighted by Crippen LogP contribution is 2.30. The van der Waals surface area contributed by atoms with Crippen LogP contribution in [-0.4, -0.2) is 25.6 Å². The van der Waals surface area contributed by atoms with E-state index in [1.165, 1.54) is 5.69 Å². The minimum Gasteiger partial charge on any atom is -0.490 e. The van der Waals surface area contributed by atoms with E-state index in [0.29, 0.717) is 0 Å². The molecular formula is C11H14ClNO. The van der Waals surface area contributed by atoms with E-state index < -0.39 is 0 Å². The van der Waals surface area contributed by atoms with Gasteiger partial charge in [-0.3, -0.25) is 0 Å². The van der Waals surface area contributed by atoms with Crippen molar-refractivity contribution in [2.24, 2.45) is 0 Å². The Morgan fingerprint density at radius 2 is 2.21 bits per heavy atom. The maximum absolute atomic E-state index is 5.69. The Balaban J connectivity index is 2.14. The summed E-state index contributed by atoms with van der Waals surface area (Å²) in [6.07, 6.45) is 1.02. The molecule has 0 fully saturated rings. The average molecular weight is 212 g/mol. The number of alkyl halides is 1. The fourth-order valence-electron chi connectivity index (χ4n) is 1.71. The molecule has 14 heavy (non-hydrogen) atoms. The van der Waals surface area contributed by atoms with Crippen molar-refractivity contribution in [1.82, 2.24) is 0 Å². The number of para-hydroxylation sites is 2. The molecule has 76 valence electrons. The molecule has 0 saturated carbocycles. The minimum atomic E-state index is 0.722. The third kappa shape index (κ3) is 1.95. The summed E-state index contributed by atoms with van der Waals surface area (Å²) in [5, 5.41) is 0. The van der Waals surface area contributed by atoms with Crippen molar-refractivity contribution < 1.29 is 4.74 Å². The molecule has 0 bridgehead atoms. The lowest BCUT2D eigenvalue weighted by molar-refractivity contribution is 0.307. The Labute approximate surface area is 89.4 Å². The highest BCUT2D eigenvalue weighted by atomic mass is 35.5. The van der Waals surface area contributed by atoms with Gasteiger partial charge in [-0.15, -0.1) is 11.6 Å². The normalized spacial score (nSPS) is 14.8. The lowest BCUT2D eigenvalue weighted by Gasteiger charge is -2.30. The predicted octanol–water partition coefficient (Wildman–Crippen LogP) is 2.51. The zero-order valence-electron chi connectivity index (χ0n) is 8.08. The molecule has 0 saturated heterocycles. The molecule has 0 unspecified atom stereocenters. The quantitative estimate of drug-likeness (QED) is 0.713. The van der Waals surface area contributed by atoms with Crippen molar-refractivity contribution >= 4 is 17.3 Å². The average Bonchev–Trinajstić information content (AvgIpc) is 2.26. The van der Waals surface area contributed by atoms with Gasteiger partial charge in [0.15, 0.2) is 0 Å². The second-order valence-corrected chi connectivity index (χ2v) is 3.72. The molecule has 1 heterocycles. The van der Waals surface area contributed by atoms with E-state index in [4.69, 9.17) is 16.3 Å². The first-order chi connectivity index (χ1) is 6.92. The van der Waals surface area contributed by atoms with Crippen molar-refractivity contribution in [3.63, 3.8) is 0 Å². The van der Waals surface area contributed by atoms with Crippen LogP contribution in [0.2, 0.25) is 0 Å². The van der Waals surface area contributed by atoms with Crippen molar-refractivity contribution in [3.8, 4) is 5.75 Å². The van der Waals surface area contributed by atoms with Gasteiger partial charge in [0, 0.05) is 12.4 Å². The summed E-state index contributed by atoms with van der Waals surface area (Å²) in [6, 6.07) is 8.16. The first-order valence-electron chi connectivity index (χ1n) is 4.94. The molecule has 2 rings (SSSR count). The number of ether oxygens (including phenoxy) is 1. The topological polar surface area (TPSA) is 12.5 Å². The monoisotopic (exact) mass is 211 g/mol. The van der Waals surface area contributed by atoms with E-state index >= 15 is 0 Å². The summed E-state index contributed by atoms with van der Waals surface area (Å²) < 4.78 is 5.56. The van der Waals surface area contributed by atoms with Gasteiger partial charge < -0.3 is 9.64 Å².